The summed E-state index contributed by atoms with van der Waals surface area (Å²) in [5, 5.41) is 0. The molecule has 0 atom stereocenters. The SMILES string of the molecule is COc1ncc(-c2ccc(C)cc2)cc1F. The zero-order chi connectivity index (χ0) is 11.5. The number of benzene rings is 1. The van der Waals surface area contributed by atoms with Crippen LogP contribution in [0.1, 0.15) is 5.56 Å². The van der Waals surface area contributed by atoms with E-state index in [1.54, 1.807) is 6.20 Å². The maximum absolute atomic E-state index is 13.4. The smallest absolute Gasteiger partial charge is 0.250 e. The van der Waals surface area contributed by atoms with Crippen LogP contribution in [0.15, 0.2) is 36.5 Å². The average molecular weight is 217 g/mol. The van der Waals surface area contributed by atoms with Gasteiger partial charge in [-0.2, -0.15) is 0 Å². The van der Waals surface area contributed by atoms with Gasteiger partial charge in [-0.05, 0) is 18.6 Å². The Bertz CT molecular complexity index is 494. The highest BCUT2D eigenvalue weighted by Gasteiger charge is 2.06. The Balaban J connectivity index is 2.41. The fraction of sp³-hybridized carbons (Fsp3) is 0.154. The number of halogens is 1. The van der Waals surface area contributed by atoms with E-state index in [9.17, 15) is 4.39 Å². The number of aryl methyl sites for hydroxylation is 1. The van der Waals surface area contributed by atoms with Gasteiger partial charge in [0.1, 0.15) is 0 Å². The third-order valence-electron chi connectivity index (χ3n) is 2.39. The normalized spacial score (nSPS) is 10.2. The van der Waals surface area contributed by atoms with Gasteiger partial charge in [-0.15, -0.1) is 0 Å². The number of rotatable bonds is 2. The Hall–Kier alpha value is -1.90. The van der Waals surface area contributed by atoms with Gasteiger partial charge in [-0.3, -0.25) is 0 Å². The standard InChI is InChI=1S/C13H12FNO/c1-9-3-5-10(6-4-9)11-7-12(14)13(16-2)15-8-11/h3-8H,1-2H3. The lowest BCUT2D eigenvalue weighted by atomic mass is 10.1. The van der Waals surface area contributed by atoms with Crippen molar-refractivity contribution in [2.45, 2.75) is 6.92 Å². The molecule has 0 aliphatic heterocycles. The molecule has 0 bridgehead atoms. The molecule has 0 aliphatic rings. The maximum atomic E-state index is 13.4. The van der Waals surface area contributed by atoms with Gasteiger partial charge in [0.15, 0.2) is 5.82 Å². The number of hydrogen-bond acceptors (Lipinski definition) is 2. The van der Waals surface area contributed by atoms with Gasteiger partial charge in [0.2, 0.25) is 5.88 Å². The topological polar surface area (TPSA) is 22.1 Å². The van der Waals surface area contributed by atoms with E-state index in [4.69, 9.17) is 4.74 Å². The van der Waals surface area contributed by atoms with Crippen molar-refractivity contribution in [3.05, 3.63) is 47.9 Å². The molecular formula is C13H12FNO. The van der Waals surface area contributed by atoms with E-state index in [1.807, 2.05) is 31.2 Å². The molecule has 2 aromatic rings. The van der Waals surface area contributed by atoms with Gasteiger partial charge in [0.05, 0.1) is 7.11 Å². The fourth-order valence-corrected chi connectivity index (χ4v) is 1.48. The predicted molar refractivity (Wildman–Crippen MR) is 60.9 cm³/mol. The second kappa shape index (κ2) is 4.31. The van der Waals surface area contributed by atoms with Crippen molar-refractivity contribution in [1.82, 2.24) is 4.98 Å². The first kappa shape index (κ1) is 10.6. The number of hydrogen-bond donors (Lipinski definition) is 0. The van der Waals surface area contributed by atoms with Crippen LogP contribution in [0, 0.1) is 12.7 Å². The minimum atomic E-state index is -0.444. The molecule has 0 fully saturated rings. The molecule has 2 rings (SSSR count). The zero-order valence-corrected chi connectivity index (χ0v) is 9.20. The Morgan fingerprint density at radius 1 is 1.12 bits per heavy atom. The molecule has 1 aromatic carbocycles. The number of pyridine rings is 1. The molecule has 3 heteroatoms. The molecule has 0 radical (unpaired) electrons. The Kier molecular flexibility index (Phi) is 2.86. The summed E-state index contributed by atoms with van der Waals surface area (Å²) in [6, 6.07) is 9.28. The Labute approximate surface area is 93.7 Å². The van der Waals surface area contributed by atoms with Gasteiger partial charge >= 0.3 is 0 Å². The molecule has 1 aromatic heterocycles. The number of ether oxygens (including phenoxy) is 1. The van der Waals surface area contributed by atoms with Crippen LogP contribution >= 0.6 is 0 Å². The van der Waals surface area contributed by atoms with Crippen molar-refractivity contribution in [3.8, 4) is 17.0 Å². The minimum absolute atomic E-state index is 0.0239. The molecule has 0 unspecified atom stereocenters. The van der Waals surface area contributed by atoms with Crippen LogP contribution in [0.4, 0.5) is 4.39 Å². The van der Waals surface area contributed by atoms with E-state index in [0.29, 0.717) is 0 Å². The quantitative estimate of drug-likeness (QED) is 0.770. The highest BCUT2D eigenvalue weighted by atomic mass is 19.1. The van der Waals surface area contributed by atoms with Crippen LogP contribution in [0.25, 0.3) is 11.1 Å². The monoisotopic (exact) mass is 217 g/mol. The number of aromatic nitrogens is 1. The molecule has 1 heterocycles. The lowest BCUT2D eigenvalue weighted by Crippen LogP contribution is -1.92. The largest absolute Gasteiger partial charge is 0.479 e. The van der Waals surface area contributed by atoms with Gasteiger partial charge in [0.25, 0.3) is 0 Å². The molecule has 16 heavy (non-hydrogen) atoms. The molecule has 2 nitrogen and oxygen atoms in total. The molecule has 0 aliphatic carbocycles. The van der Waals surface area contributed by atoms with Crippen molar-refractivity contribution in [1.29, 1.82) is 0 Å². The summed E-state index contributed by atoms with van der Waals surface area (Å²) in [5.41, 5.74) is 2.86. The van der Waals surface area contributed by atoms with Crippen molar-refractivity contribution in [2.24, 2.45) is 0 Å². The highest BCUT2D eigenvalue weighted by Crippen LogP contribution is 2.23. The molecule has 0 saturated carbocycles. The summed E-state index contributed by atoms with van der Waals surface area (Å²) in [4.78, 5) is 3.90. The lowest BCUT2D eigenvalue weighted by Gasteiger charge is -2.04. The van der Waals surface area contributed by atoms with Crippen molar-refractivity contribution >= 4 is 0 Å². The number of methoxy groups -OCH3 is 1. The zero-order valence-electron chi connectivity index (χ0n) is 9.20. The van der Waals surface area contributed by atoms with Gasteiger partial charge < -0.3 is 4.74 Å². The van der Waals surface area contributed by atoms with E-state index in [2.05, 4.69) is 4.98 Å². The Morgan fingerprint density at radius 3 is 2.38 bits per heavy atom. The molecular weight excluding hydrogens is 205 g/mol. The van der Waals surface area contributed by atoms with Gasteiger partial charge in [-0.1, -0.05) is 29.8 Å². The van der Waals surface area contributed by atoms with E-state index >= 15 is 0 Å². The van der Waals surface area contributed by atoms with Crippen LogP contribution in [-0.4, -0.2) is 12.1 Å². The lowest BCUT2D eigenvalue weighted by molar-refractivity contribution is 0.369. The first-order valence-electron chi connectivity index (χ1n) is 4.97. The van der Waals surface area contributed by atoms with Crippen LogP contribution in [-0.2, 0) is 0 Å². The summed E-state index contributed by atoms with van der Waals surface area (Å²) in [6.45, 7) is 2.01. The van der Waals surface area contributed by atoms with E-state index < -0.39 is 5.82 Å². The van der Waals surface area contributed by atoms with Crippen LogP contribution in [0.3, 0.4) is 0 Å². The second-order valence-corrected chi connectivity index (χ2v) is 3.58. The van der Waals surface area contributed by atoms with E-state index in [1.165, 1.54) is 18.7 Å². The minimum Gasteiger partial charge on any atom is -0.479 e. The first-order valence-corrected chi connectivity index (χ1v) is 4.97. The molecule has 0 saturated heterocycles. The van der Waals surface area contributed by atoms with Crippen LogP contribution in [0.5, 0.6) is 5.88 Å². The summed E-state index contributed by atoms with van der Waals surface area (Å²) < 4.78 is 18.2. The molecule has 0 spiro atoms. The summed E-state index contributed by atoms with van der Waals surface area (Å²) >= 11 is 0. The third-order valence-corrected chi connectivity index (χ3v) is 2.39. The van der Waals surface area contributed by atoms with E-state index in [-0.39, 0.29) is 5.88 Å². The van der Waals surface area contributed by atoms with Gasteiger partial charge in [-0.25, -0.2) is 9.37 Å². The molecule has 82 valence electrons. The first-order chi connectivity index (χ1) is 7.70. The summed E-state index contributed by atoms with van der Waals surface area (Å²) in [6.07, 6.45) is 1.60. The predicted octanol–water partition coefficient (Wildman–Crippen LogP) is 3.20. The van der Waals surface area contributed by atoms with Crippen molar-refractivity contribution in [2.75, 3.05) is 7.11 Å². The van der Waals surface area contributed by atoms with Crippen LogP contribution < -0.4 is 4.74 Å². The summed E-state index contributed by atoms with van der Waals surface area (Å²) in [7, 11) is 1.40. The van der Waals surface area contributed by atoms with Gasteiger partial charge in [0, 0.05) is 11.8 Å². The van der Waals surface area contributed by atoms with Crippen LogP contribution in [0.2, 0.25) is 0 Å². The Morgan fingerprint density at radius 2 is 1.81 bits per heavy atom. The number of nitrogens with zero attached hydrogens (tertiary/aromatic N) is 1. The molecule has 0 N–H and O–H groups in total. The third kappa shape index (κ3) is 2.03. The fourth-order valence-electron chi connectivity index (χ4n) is 1.48. The molecule has 0 amide bonds. The van der Waals surface area contributed by atoms with Crippen molar-refractivity contribution < 1.29 is 9.13 Å². The highest BCUT2D eigenvalue weighted by molar-refractivity contribution is 5.63. The van der Waals surface area contributed by atoms with Crippen molar-refractivity contribution in [3.63, 3.8) is 0 Å². The second-order valence-electron chi connectivity index (χ2n) is 3.58. The van der Waals surface area contributed by atoms with E-state index in [0.717, 1.165) is 11.1 Å². The average Bonchev–Trinajstić information content (AvgIpc) is 2.30. The maximum Gasteiger partial charge on any atom is 0.250 e. The summed E-state index contributed by atoms with van der Waals surface area (Å²) in [5.74, 6) is -0.420.